The monoisotopic (exact) mass is 430 g/mol. The lowest BCUT2D eigenvalue weighted by atomic mass is 10.1. The third-order valence-corrected chi connectivity index (χ3v) is 7.89. The molecule has 1 amide bonds. The zero-order valence-electron chi connectivity index (χ0n) is 16.3. The van der Waals surface area contributed by atoms with Crippen molar-refractivity contribution in [2.75, 3.05) is 13.6 Å². The molecule has 152 valence electrons. The van der Waals surface area contributed by atoms with E-state index in [-0.39, 0.29) is 10.8 Å². The molecule has 0 saturated carbocycles. The number of carbonyl (C=O) groups is 1. The first-order chi connectivity index (χ1) is 13.8. The highest BCUT2D eigenvalue weighted by atomic mass is 32.2. The van der Waals surface area contributed by atoms with Crippen LogP contribution in [0.2, 0.25) is 0 Å². The Balaban J connectivity index is 1.54. The molecule has 0 saturated heterocycles. The number of rotatable bonds is 5. The Kier molecular flexibility index (Phi) is 5.33. The molecule has 1 aliphatic heterocycles. The van der Waals surface area contributed by atoms with Crippen molar-refractivity contribution in [3.05, 3.63) is 75.4 Å². The summed E-state index contributed by atoms with van der Waals surface area (Å²) in [5.74, 6) is 1.21. The first-order valence-corrected chi connectivity index (χ1v) is 11.6. The van der Waals surface area contributed by atoms with E-state index in [0.717, 1.165) is 17.7 Å². The van der Waals surface area contributed by atoms with Crippen LogP contribution in [0.3, 0.4) is 0 Å². The van der Waals surface area contributed by atoms with Crippen LogP contribution in [0, 0.1) is 6.92 Å². The fourth-order valence-corrected chi connectivity index (χ4v) is 5.82. The van der Waals surface area contributed by atoms with Gasteiger partial charge >= 0.3 is 0 Å². The number of carbonyl (C=O) groups excluding carboxylic acids is 1. The van der Waals surface area contributed by atoms with E-state index < -0.39 is 10.0 Å². The second-order valence-electron chi connectivity index (χ2n) is 7.16. The zero-order chi connectivity index (χ0) is 20.6. The Hall–Kier alpha value is -2.42. The molecule has 0 aliphatic carbocycles. The lowest BCUT2D eigenvalue weighted by Crippen LogP contribution is -2.35. The number of fused-ring (bicyclic) bond motifs is 1. The van der Waals surface area contributed by atoms with Gasteiger partial charge in [-0.15, -0.1) is 11.3 Å². The van der Waals surface area contributed by atoms with E-state index in [4.69, 9.17) is 4.42 Å². The Bertz CT molecular complexity index is 1150. The third kappa shape index (κ3) is 4.01. The molecule has 1 aliphatic rings. The second kappa shape index (κ2) is 7.78. The highest BCUT2D eigenvalue weighted by Crippen LogP contribution is 2.28. The molecule has 8 heteroatoms. The van der Waals surface area contributed by atoms with Gasteiger partial charge in [-0.05, 0) is 60.7 Å². The summed E-state index contributed by atoms with van der Waals surface area (Å²) in [5, 5.41) is 2.00. The average Bonchev–Trinajstić information content (AvgIpc) is 3.35. The number of thiophene rings is 1. The van der Waals surface area contributed by atoms with Gasteiger partial charge in [0.05, 0.1) is 11.4 Å². The van der Waals surface area contributed by atoms with E-state index in [1.807, 2.05) is 30.5 Å². The minimum absolute atomic E-state index is 0.143. The van der Waals surface area contributed by atoms with Gasteiger partial charge in [-0.3, -0.25) is 4.79 Å². The Morgan fingerprint density at radius 1 is 1.24 bits per heavy atom. The molecular weight excluding hydrogens is 408 g/mol. The molecule has 0 fully saturated rings. The normalized spacial score (nSPS) is 14.6. The van der Waals surface area contributed by atoms with Gasteiger partial charge in [0.1, 0.15) is 11.5 Å². The van der Waals surface area contributed by atoms with Crippen LogP contribution in [0.1, 0.15) is 32.3 Å². The van der Waals surface area contributed by atoms with Gasteiger partial charge in [0, 0.05) is 30.6 Å². The van der Waals surface area contributed by atoms with Crippen molar-refractivity contribution in [1.29, 1.82) is 0 Å². The molecule has 0 bridgehead atoms. The highest BCUT2D eigenvalue weighted by Gasteiger charge is 2.29. The number of benzene rings is 1. The quantitative estimate of drug-likeness (QED) is 0.619. The second-order valence-corrected chi connectivity index (χ2v) is 10.1. The summed E-state index contributed by atoms with van der Waals surface area (Å²) in [6.07, 6.45) is 0.718. The lowest BCUT2D eigenvalue weighted by molar-refractivity contribution is 0.0774. The lowest BCUT2D eigenvalue weighted by Gasteiger charge is -2.26. The zero-order valence-corrected chi connectivity index (χ0v) is 17.9. The van der Waals surface area contributed by atoms with E-state index in [9.17, 15) is 13.2 Å². The van der Waals surface area contributed by atoms with Gasteiger partial charge in [0.15, 0.2) is 0 Å². The van der Waals surface area contributed by atoms with Crippen LogP contribution in [0.15, 0.2) is 57.2 Å². The Morgan fingerprint density at radius 2 is 2.07 bits per heavy atom. The van der Waals surface area contributed by atoms with Crippen LogP contribution in [-0.2, 0) is 29.5 Å². The standard InChI is InChI=1S/C21H22N2O4S2/c1-15-6-7-18(27-15)14-22(2)21(24)16-4-3-5-19(12-16)29(25,26)23-10-8-20-17(13-23)9-11-28-20/h3-7,9,11-12H,8,10,13-14H2,1-2H3. The molecular formula is C21H22N2O4S2. The van der Waals surface area contributed by atoms with E-state index in [1.54, 1.807) is 36.6 Å². The molecule has 3 aromatic rings. The van der Waals surface area contributed by atoms with Crippen molar-refractivity contribution in [3.63, 3.8) is 0 Å². The number of hydrogen-bond donors (Lipinski definition) is 0. The third-order valence-electron chi connectivity index (χ3n) is 5.03. The summed E-state index contributed by atoms with van der Waals surface area (Å²) in [4.78, 5) is 15.7. The summed E-state index contributed by atoms with van der Waals surface area (Å²) < 4.78 is 33.3. The van der Waals surface area contributed by atoms with E-state index in [2.05, 4.69) is 0 Å². The average molecular weight is 431 g/mol. The van der Waals surface area contributed by atoms with Crippen molar-refractivity contribution >= 4 is 27.3 Å². The molecule has 3 heterocycles. The number of sulfonamides is 1. The van der Waals surface area contributed by atoms with Crippen LogP contribution in [0.4, 0.5) is 0 Å². The van der Waals surface area contributed by atoms with Gasteiger partial charge < -0.3 is 9.32 Å². The molecule has 0 spiro atoms. The van der Waals surface area contributed by atoms with E-state index in [0.29, 0.717) is 31.0 Å². The smallest absolute Gasteiger partial charge is 0.254 e. The Labute approximate surface area is 174 Å². The predicted molar refractivity (Wildman–Crippen MR) is 111 cm³/mol. The van der Waals surface area contributed by atoms with Crippen molar-refractivity contribution in [2.24, 2.45) is 0 Å². The fourth-order valence-electron chi connectivity index (χ4n) is 3.46. The number of furan rings is 1. The van der Waals surface area contributed by atoms with Gasteiger partial charge in [-0.1, -0.05) is 6.07 Å². The summed E-state index contributed by atoms with van der Waals surface area (Å²) >= 11 is 1.67. The van der Waals surface area contributed by atoms with Crippen molar-refractivity contribution < 1.29 is 17.6 Å². The number of aryl methyl sites for hydroxylation is 1. The summed E-state index contributed by atoms with van der Waals surface area (Å²) in [6, 6.07) is 11.9. The van der Waals surface area contributed by atoms with Gasteiger partial charge in [0.2, 0.25) is 10.0 Å². The summed E-state index contributed by atoms with van der Waals surface area (Å²) in [6.45, 7) is 2.98. The maximum atomic E-state index is 13.1. The topological polar surface area (TPSA) is 70.8 Å². The molecule has 2 aromatic heterocycles. The summed E-state index contributed by atoms with van der Waals surface area (Å²) in [7, 11) is -2.00. The molecule has 1 aromatic carbocycles. The summed E-state index contributed by atoms with van der Waals surface area (Å²) in [5.41, 5.74) is 1.40. The van der Waals surface area contributed by atoms with Crippen LogP contribution in [0.25, 0.3) is 0 Å². The molecule has 0 N–H and O–H groups in total. The van der Waals surface area contributed by atoms with E-state index in [1.165, 1.54) is 20.1 Å². The minimum atomic E-state index is -3.67. The first kappa shape index (κ1) is 19.9. The van der Waals surface area contributed by atoms with E-state index >= 15 is 0 Å². The molecule has 0 radical (unpaired) electrons. The van der Waals surface area contributed by atoms with Gasteiger partial charge in [0.25, 0.3) is 5.91 Å². The molecule has 4 rings (SSSR count). The first-order valence-electron chi connectivity index (χ1n) is 9.31. The number of nitrogens with zero attached hydrogens (tertiary/aromatic N) is 2. The largest absolute Gasteiger partial charge is 0.464 e. The molecule has 0 unspecified atom stereocenters. The number of amides is 1. The predicted octanol–water partition coefficient (Wildman–Crippen LogP) is 3.67. The van der Waals surface area contributed by atoms with Crippen LogP contribution >= 0.6 is 11.3 Å². The molecule has 29 heavy (non-hydrogen) atoms. The van der Waals surface area contributed by atoms with Gasteiger partial charge in [-0.25, -0.2) is 8.42 Å². The van der Waals surface area contributed by atoms with Crippen LogP contribution in [-0.4, -0.2) is 37.1 Å². The van der Waals surface area contributed by atoms with Gasteiger partial charge in [-0.2, -0.15) is 4.31 Å². The molecule has 0 atom stereocenters. The number of hydrogen-bond acceptors (Lipinski definition) is 5. The van der Waals surface area contributed by atoms with Crippen LogP contribution < -0.4 is 0 Å². The van der Waals surface area contributed by atoms with Crippen molar-refractivity contribution in [3.8, 4) is 0 Å². The molecule has 6 nitrogen and oxygen atoms in total. The van der Waals surface area contributed by atoms with Crippen LogP contribution in [0.5, 0.6) is 0 Å². The van der Waals surface area contributed by atoms with Crippen molar-refractivity contribution in [2.45, 2.75) is 31.3 Å². The highest BCUT2D eigenvalue weighted by molar-refractivity contribution is 7.89. The maximum Gasteiger partial charge on any atom is 0.254 e. The Morgan fingerprint density at radius 3 is 2.83 bits per heavy atom. The maximum absolute atomic E-state index is 13.1. The minimum Gasteiger partial charge on any atom is -0.464 e. The fraction of sp³-hybridized carbons (Fsp3) is 0.286. The van der Waals surface area contributed by atoms with Crippen molar-refractivity contribution in [1.82, 2.24) is 9.21 Å². The SMILES string of the molecule is Cc1ccc(CN(C)C(=O)c2cccc(S(=O)(=O)N3CCc4sccc4C3)c2)o1.